The Kier molecular flexibility index (Phi) is 4.06. The maximum Gasteiger partial charge on any atom is 0.281 e. The lowest BCUT2D eigenvalue weighted by Crippen LogP contribution is -2.22. The SMILES string of the molecule is CS(=O)(=O)c1sc(Oc2cc(F)cc(C#N)c2)c2c1[C@H](O)C(F)(F)C2. The number of nitriles is 1. The molecule has 0 unspecified atom stereocenters. The zero-order chi connectivity index (χ0) is 18.6. The molecule has 1 aliphatic rings. The van der Waals surface area contributed by atoms with Crippen LogP contribution in [-0.4, -0.2) is 25.7 Å². The highest BCUT2D eigenvalue weighted by atomic mass is 32.2. The molecule has 2 aromatic rings. The number of nitrogens with zero attached hydrogens (tertiary/aromatic N) is 1. The first kappa shape index (κ1) is 17.7. The number of ether oxygens (including phenoxy) is 1. The largest absolute Gasteiger partial charge is 0.446 e. The highest BCUT2D eigenvalue weighted by molar-refractivity contribution is 7.92. The van der Waals surface area contributed by atoms with Crippen molar-refractivity contribution in [2.45, 2.75) is 22.7 Å². The van der Waals surface area contributed by atoms with Crippen molar-refractivity contribution in [3.8, 4) is 16.9 Å². The van der Waals surface area contributed by atoms with Gasteiger partial charge in [0, 0.05) is 29.9 Å². The molecule has 25 heavy (non-hydrogen) atoms. The second kappa shape index (κ2) is 5.72. The predicted molar refractivity (Wildman–Crippen MR) is 82.2 cm³/mol. The maximum atomic E-state index is 13.8. The Hall–Kier alpha value is -2.09. The molecule has 1 N–H and O–H groups in total. The van der Waals surface area contributed by atoms with E-state index in [1.165, 1.54) is 6.07 Å². The van der Waals surface area contributed by atoms with Crippen molar-refractivity contribution in [3.63, 3.8) is 0 Å². The van der Waals surface area contributed by atoms with Crippen LogP contribution in [0.2, 0.25) is 0 Å². The monoisotopic (exact) mass is 389 g/mol. The van der Waals surface area contributed by atoms with Crippen molar-refractivity contribution in [1.29, 1.82) is 5.26 Å². The van der Waals surface area contributed by atoms with Gasteiger partial charge in [0.15, 0.2) is 14.9 Å². The Labute approximate surface area is 144 Å². The van der Waals surface area contributed by atoms with E-state index in [-0.39, 0.29) is 27.5 Å². The zero-order valence-corrected chi connectivity index (χ0v) is 14.2. The number of fused-ring (bicyclic) bond motifs is 1. The van der Waals surface area contributed by atoms with Gasteiger partial charge >= 0.3 is 0 Å². The van der Waals surface area contributed by atoms with Gasteiger partial charge in [-0.1, -0.05) is 11.3 Å². The molecule has 1 aromatic heterocycles. The summed E-state index contributed by atoms with van der Waals surface area (Å²) in [6.07, 6.45) is -2.32. The number of alkyl halides is 2. The van der Waals surface area contributed by atoms with E-state index in [0.717, 1.165) is 18.4 Å². The fraction of sp³-hybridized carbons (Fsp3) is 0.267. The van der Waals surface area contributed by atoms with Gasteiger partial charge < -0.3 is 9.84 Å². The Morgan fingerprint density at radius 2 is 2.08 bits per heavy atom. The molecule has 0 fully saturated rings. The van der Waals surface area contributed by atoms with E-state index in [4.69, 9.17) is 10.00 Å². The molecule has 0 saturated carbocycles. The van der Waals surface area contributed by atoms with Crippen molar-refractivity contribution >= 4 is 21.2 Å². The molecule has 3 rings (SSSR count). The van der Waals surface area contributed by atoms with Crippen LogP contribution in [0.25, 0.3) is 0 Å². The van der Waals surface area contributed by atoms with Crippen molar-refractivity contribution in [1.82, 2.24) is 0 Å². The first-order valence-electron chi connectivity index (χ1n) is 6.83. The third-order valence-electron chi connectivity index (χ3n) is 3.61. The molecule has 0 radical (unpaired) electrons. The fourth-order valence-corrected chi connectivity index (χ4v) is 5.00. The number of hydrogen-bond donors (Lipinski definition) is 1. The third kappa shape index (κ3) is 3.10. The number of aliphatic hydroxyl groups excluding tert-OH is 1. The summed E-state index contributed by atoms with van der Waals surface area (Å²) in [5.74, 6) is -4.43. The number of halogens is 3. The van der Waals surface area contributed by atoms with Gasteiger partial charge in [0.2, 0.25) is 0 Å². The molecular formula is C15H10F3NO4S2. The Balaban J connectivity index is 2.12. The van der Waals surface area contributed by atoms with Gasteiger partial charge in [-0.2, -0.15) is 5.26 Å². The zero-order valence-electron chi connectivity index (χ0n) is 12.6. The van der Waals surface area contributed by atoms with Gasteiger partial charge in [-0.3, -0.25) is 0 Å². The van der Waals surface area contributed by atoms with Crippen LogP contribution in [0.4, 0.5) is 13.2 Å². The molecule has 0 saturated heterocycles. The summed E-state index contributed by atoms with van der Waals surface area (Å²) >= 11 is 0.579. The topological polar surface area (TPSA) is 87.4 Å². The van der Waals surface area contributed by atoms with Crippen molar-refractivity contribution in [3.05, 3.63) is 40.7 Å². The van der Waals surface area contributed by atoms with E-state index in [1.807, 2.05) is 0 Å². The van der Waals surface area contributed by atoms with Crippen LogP contribution in [0.1, 0.15) is 22.8 Å². The first-order chi connectivity index (χ1) is 11.5. The van der Waals surface area contributed by atoms with E-state index < -0.39 is 38.3 Å². The van der Waals surface area contributed by atoms with Crippen LogP contribution in [-0.2, 0) is 16.3 Å². The standard InChI is InChI=1S/C15H10F3NO4S2/c1-25(21,22)14-11-10(5-15(17,18)12(11)20)13(24-14)23-9-3-7(6-19)2-8(16)4-9/h2-4,12,20H,5H2,1H3/t12-/m0/s1. The fourth-order valence-electron chi connectivity index (χ4n) is 2.57. The number of aliphatic hydroxyl groups is 1. The minimum atomic E-state index is -3.88. The van der Waals surface area contributed by atoms with Crippen LogP contribution < -0.4 is 4.74 Å². The second-order valence-electron chi connectivity index (χ2n) is 5.57. The lowest BCUT2D eigenvalue weighted by Gasteiger charge is -2.14. The van der Waals surface area contributed by atoms with Gasteiger partial charge in [0.25, 0.3) is 5.92 Å². The van der Waals surface area contributed by atoms with Gasteiger partial charge in [-0.05, 0) is 12.1 Å². The van der Waals surface area contributed by atoms with Crippen LogP contribution in [0, 0.1) is 17.1 Å². The molecule has 1 aliphatic carbocycles. The molecular weight excluding hydrogens is 379 g/mol. The van der Waals surface area contributed by atoms with Crippen LogP contribution in [0.5, 0.6) is 10.8 Å². The summed E-state index contributed by atoms with van der Waals surface area (Å²) < 4.78 is 69.9. The quantitative estimate of drug-likeness (QED) is 0.871. The third-order valence-corrected chi connectivity index (χ3v) is 6.58. The molecule has 132 valence electrons. The molecule has 10 heteroatoms. The van der Waals surface area contributed by atoms with Gasteiger partial charge in [-0.15, -0.1) is 0 Å². The Morgan fingerprint density at radius 3 is 2.68 bits per heavy atom. The normalized spacial score (nSPS) is 18.6. The van der Waals surface area contributed by atoms with E-state index in [9.17, 15) is 26.7 Å². The number of rotatable bonds is 3. The van der Waals surface area contributed by atoms with Gasteiger partial charge in [-0.25, -0.2) is 21.6 Å². The summed E-state index contributed by atoms with van der Waals surface area (Å²) in [7, 11) is -3.88. The number of hydrogen-bond acceptors (Lipinski definition) is 6. The molecule has 0 spiro atoms. The summed E-state index contributed by atoms with van der Waals surface area (Å²) in [4.78, 5) is 0. The summed E-state index contributed by atoms with van der Waals surface area (Å²) in [6, 6.07) is 4.82. The second-order valence-corrected chi connectivity index (χ2v) is 8.77. The van der Waals surface area contributed by atoms with E-state index in [0.29, 0.717) is 11.3 Å². The highest BCUT2D eigenvalue weighted by Gasteiger charge is 2.52. The number of sulfone groups is 1. The molecule has 0 amide bonds. The summed E-state index contributed by atoms with van der Waals surface area (Å²) in [5.41, 5.74) is -0.563. The minimum Gasteiger partial charge on any atom is -0.446 e. The number of thiophene rings is 1. The lowest BCUT2D eigenvalue weighted by atomic mass is 10.2. The summed E-state index contributed by atoms with van der Waals surface area (Å²) in [6.45, 7) is 0. The predicted octanol–water partition coefficient (Wildman–Crippen LogP) is 3.18. The van der Waals surface area contributed by atoms with Gasteiger partial charge in [0.05, 0.1) is 11.6 Å². The van der Waals surface area contributed by atoms with Crippen molar-refractivity contribution in [2.24, 2.45) is 0 Å². The minimum absolute atomic E-state index is 0.0445. The molecule has 1 aromatic carbocycles. The van der Waals surface area contributed by atoms with Crippen molar-refractivity contribution in [2.75, 3.05) is 6.26 Å². The van der Waals surface area contributed by atoms with E-state index in [1.54, 1.807) is 6.07 Å². The summed E-state index contributed by atoms with van der Waals surface area (Å²) in [5, 5.41) is 18.5. The average molecular weight is 389 g/mol. The molecule has 1 heterocycles. The average Bonchev–Trinajstić information content (AvgIpc) is 2.94. The first-order valence-corrected chi connectivity index (χ1v) is 9.54. The molecule has 5 nitrogen and oxygen atoms in total. The number of benzene rings is 1. The Bertz CT molecular complexity index is 1010. The lowest BCUT2D eigenvalue weighted by molar-refractivity contribution is -0.0976. The van der Waals surface area contributed by atoms with Crippen LogP contribution >= 0.6 is 11.3 Å². The highest BCUT2D eigenvalue weighted by Crippen LogP contribution is 2.54. The van der Waals surface area contributed by atoms with E-state index in [2.05, 4.69) is 0 Å². The van der Waals surface area contributed by atoms with Crippen LogP contribution in [0.15, 0.2) is 22.4 Å². The van der Waals surface area contributed by atoms with Crippen molar-refractivity contribution < 1.29 is 31.4 Å². The molecule has 0 aliphatic heterocycles. The van der Waals surface area contributed by atoms with Gasteiger partial charge in [0.1, 0.15) is 21.9 Å². The maximum absolute atomic E-state index is 13.8. The smallest absolute Gasteiger partial charge is 0.281 e. The Morgan fingerprint density at radius 1 is 1.40 bits per heavy atom. The molecule has 0 bridgehead atoms. The van der Waals surface area contributed by atoms with Crippen LogP contribution in [0.3, 0.4) is 0 Å². The van der Waals surface area contributed by atoms with E-state index >= 15 is 0 Å². The molecule has 1 atom stereocenters.